The van der Waals surface area contributed by atoms with Crippen molar-refractivity contribution < 1.29 is 19.1 Å². The van der Waals surface area contributed by atoms with Crippen LogP contribution in [0.5, 0.6) is 5.88 Å². The van der Waals surface area contributed by atoms with Gasteiger partial charge in [0.05, 0.1) is 13.7 Å². The van der Waals surface area contributed by atoms with Crippen molar-refractivity contribution >= 4 is 12.0 Å². The third kappa shape index (κ3) is 2.70. The van der Waals surface area contributed by atoms with E-state index in [4.69, 9.17) is 9.47 Å². The van der Waals surface area contributed by atoms with Gasteiger partial charge >= 0.3 is 6.09 Å². The first kappa shape index (κ1) is 14.6. The number of pyridine rings is 1. The van der Waals surface area contributed by atoms with Gasteiger partial charge in [-0.2, -0.15) is 0 Å². The molecule has 1 atom stereocenters. The monoisotopic (exact) mass is 305 g/mol. The number of methoxy groups -OCH3 is 1. The van der Waals surface area contributed by atoms with Gasteiger partial charge in [-0.15, -0.1) is 0 Å². The van der Waals surface area contributed by atoms with Crippen molar-refractivity contribution in [1.29, 1.82) is 0 Å². The van der Waals surface area contributed by atoms with E-state index in [1.54, 1.807) is 23.2 Å². The van der Waals surface area contributed by atoms with Crippen LogP contribution in [0.25, 0.3) is 0 Å². The molecule has 2 saturated heterocycles. The highest BCUT2D eigenvalue weighted by Gasteiger charge is 2.42. The summed E-state index contributed by atoms with van der Waals surface area (Å²) >= 11 is 0. The Morgan fingerprint density at radius 2 is 2.32 bits per heavy atom. The predicted octanol–water partition coefficient (Wildman–Crippen LogP) is 1.19. The summed E-state index contributed by atoms with van der Waals surface area (Å²) in [7, 11) is 1.50. The molecule has 0 aliphatic carbocycles. The minimum atomic E-state index is -0.467. The number of amides is 2. The van der Waals surface area contributed by atoms with Gasteiger partial charge in [-0.3, -0.25) is 4.79 Å². The van der Waals surface area contributed by atoms with Crippen molar-refractivity contribution in [3.63, 3.8) is 0 Å². The van der Waals surface area contributed by atoms with E-state index in [2.05, 4.69) is 10.3 Å². The largest absolute Gasteiger partial charge is 0.480 e. The number of rotatable bonds is 2. The molecule has 3 rings (SSSR count). The molecule has 1 N–H and O–H groups in total. The number of aromatic nitrogens is 1. The molecule has 0 aromatic carbocycles. The van der Waals surface area contributed by atoms with Crippen LogP contribution in [-0.4, -0.2) is 54.2 Å². The zero-order valence-corrected chi connectivity index (χ0v) is 12.5. The maximum absolute atomic E-state index is 12.7. The number of nitrogens with one attached hydrogen (secondary N) is 1. The van der Waals surface area contributed by atoms with Crippen LogP contribution in [0.15, 0.2) is 18.3 Å². The van der Waals surface area contributed by atoms with E-state index in [1.165, 1.54) is 7.11 Å². The maximum Gasteiger partial charge on any atom is 0.407 e. The molecule has 1 aromatic heterocycles. The van der Waals surface area contributed by atoms with Crippen LogP contribution in [0.4, 0.5) is 4.79 Å². The van der Waals surface area contributed by atoms with Crippen LogP contribution in [0.3, 0.4) is 0 Å². The smallest absolute Gasteiger partial charge is 0.407 e. The van der Waals surface area contributed by atoms with Crippen molar-refractivity contribution in [2.24, 2.45) is 0 Å². The fourth-order valence-electron chi connectivity index (χ4n) is 3.04. The Hall–Kier alpha value is -2.31. The molecule has 2 aliphatic rings. The summed E-state index contributed by atoms with van der Waals surface area (Å²) in [4.78, 5) is 29.8. The lowest BCUT2D eigenvalue weighted by atomic mass is 9.95. The highest BCUT2D eigenvalue weighted by atomic mass is 16.6. The first-order chi connectivity index (χ1) is 10.6. The lowest BCUT2D eigenvalue weighted by molar-refractivity contribution is 0.0438. The Morgan fingerprint density at radius 3 is 3.05 bits per heavy atom. The predicted molar refractivity (Wildman–Crippen MR) is 77.8 cm³/mol. The minimum absolute atomic E-state index is 0.0979. The van der Waals surface area contributed by atoms with Gasteiger partial charge in [-0.25, -0.2) is 9.78 Å². The highest BCUT2D eigenvalue weighted by Crippen LogP contribution is 2.30. The Labute approximate surface area is 128 Å². The van der Waals surface area contributed by atoms with Crippen molar-refractivity contribution in [3.8, 4) is 5.88 Å². The molecule has 2 aliphatic heterocycles. The van der Waals surface area contributed by atoms with Gasteiger partial charge in [0.2, 0.25) is 5.88 Å². The Bertz CT molecular complexity index is 592. The number of alkyl carbamates (subject to hydrolysis) is 1. The summed E-state index contributed by atoms with van der Waals surface area (Å²) in [5.74, 6) is 0.236. The van der Waals surface area contributed by atoms with Crippen LogP contribution in [-0.2, 0) is 4.74 Å². The number of carbonyl (C=O) groups is 2. The molecule has 2 amide bonds. The number of hydrogen-bond donors (Lipinski definition) is 1. The summed E-state index contributed by atoms with van der Waals surface area (Å²) in [6, 6.07) is 3.43. The average molecular weight is 305 g/mol. The topological polar surface area (TPSA) is 80.8 Å². The molecule has 7 heteroatoms. The van der Waals surface area contributed by atoms with E-state index in [0.29, 0.717) is 37.5 Å². The molecule has 1 spiro atoms. The summed E-state index contributed by atoms with van der Waals surface area (Å²) in [5.41, 5.74) is -0.00649. The van der Waals surface area contributed by atoms with Crippen molar-refractivity contribution in [3.05, 3.63) is 23.9 Å². The lowest BCUT2D eigenvalue weighted by Crippen LogP contribution is -2.36. The summed E-state index contributed by atoms with van der Waals surface area (Å²) in [6.07, 6.45) is 3.42. The van der Waals surface area contributed by atoms with Crippen LogP contribution in [0.1, 0.15) is 29.6 Å². The maximum atomic E-state index is 12.7. The minimum Gasteiger partial charge on any atom is -0.480 e. The zero-order chi connectivity index (χ0) is 15.6. The Morgan fingerprint density at radius 1 is 1.45 bits per heavy atom. The van der Waals surface area contributed by atoms with Gasteiger partial charge in [0.15, 0.2) is 0 Å². The first-order valence-electron chi connectivity index (χ1n) is 7.39. The van der Waals surface area contributed by atoms with Gasteiger partial charge < -0.3 is 19.7 Å². The SMILES string of the molecule is COc1ncccc1C(=O)N1CCCC2(CC1)CNC(=O)O2. The van der Waals surface area contributed by atoms with Gasteiger partial charge in [0.25, 0.3) is 5.91 Å². The molecule has 22 heavy (non-hydrogen) atoms. The molecule has 0 radical (unpaired) electrons. The van der Waals surface area contributed by atoms with E-state index in [1.807, 2.05) is 0 Å². The van der Waals surface area contributed by atoms with E-state index in [-0.39, 0.29) is 12.0 Å². The summed E-state index contributed by atoms with van der Waals surface area (Å²) in [5, 5.41) is 2.71. The number of hydrogen-bond acceptors (Lipinski definition) is 5. The molecule has 0 saturated carbocycles. The third-order valence-electron chi connectivity index (χ3n) is 4.24. The van der Waals surface area contributed by atoms with E-state index in [0.717, 1.165) is 12.8 Å². The van der Waals surface area contributed by atoms with Crippen LogP contribution < -0.4 is 10.1 Å². The second-order valence-electron chi connectivity index (χ2n) is 5.63. The summed E-state index contributed by atoms with van der Waals surface area (Å²) in [6.45, 7) is 1.70. The highest BCUT2D eigenvalue weighted by molar-refractivity contribution is 5.96. The fraction of sp³-hybridized carbons (Fsp3) is 0.533. The standard InChI is InChI=1S/C15H19N3O4/c1-21-12-11(4-2-7-16-12)13(19)18-8-3-5-15(6-9-18)10-17-14(20)22-15/h2,4,7H,3,5-6,8-10H2,1H3,(H,17,20). The van der Waals surface area contributed by atoms with E-state index < -0.39 is 5.60 Å². The molecule has 0 bridgehead atoms. The zero-order valence-electron chi connectivity index (χ0n) is 12.5. The van der Waals surface area contributed by atoms with E-state index in [9.17, 15) is 9.59 Å². The normalized spacial score (nSPS) is 24.6. The van der Waals surface area contributed by atoms with Gasteiger partial charge in [-0.05, 0) is 25.0 Å². The first-order valence-corrected chi connectivity index (χ1v) is 7.39. The molecule has 1 aromatic rings. The molecule has 2 fully saturated rings. The van der Waals surface area contributed by atoms with Crippen molar-refractivity contribution in [1.82, 2.24) is 15.2 Å². The molecule has 118 valence electrons. The average Bonchev–Trinajstić information content (AvgIpc) is 2.78. The number of carbonyl (C=O) groups excluding carboxylic acids is 2. The molecule has 3 heterocycles. The van der Waals surface area contributed by atoms with Crippen LogP contribution in [0.2, 0.25) is 0 Å². The molecule has 1 unspecified atom stereocenters. The van der Waals surface area contributed by atoms with Gasteiger partial charge in [-0.1, -0.05) is 0 Å². The summed E-state index contributed by atoms with van der Waals surface area (Å²) < 4.78 is 10.6. The number of likely N-dealkylation sites (tertiary alicyclic amines) is 1. The van der Waals surface area contributed by atoms with Crippen molar-refractivity contribution in [2.45, 2.75) is 24.9 Å². The number of ether oxygens (including phenoxy) is 2. The van der Waals surface area contributed by atoms with Crippen molar-refractivity contribution in [2.75, 3.05) is 26.7 Å². The second-order valence-corrected chi connectivity index (χ2v) is 5.63. The lowest BCUT2D eigenvalue weighted by Gasteiger charge is -2.25. The Balaban J connectivity index is 1.73. The van der Waals surface area contributed by atoms with E-state index >= 15 is 0 Å². The Kier molecular flexibility index (Phi) is 3.87. The third-order valence-corrected chi connectivity index (χ3v) is 4.24. The molecular formula is C15H19N3O4. The second kappa shape index (κ2) is 5.82. The number of nitrogens with zero attached hydrogens (tertiary/aromatic N) is 2. The van der Waals surface area contributed by atoms with Crippen LogP contribution in [0, 0.1) is 0 Å². The molecule has 7 nitrogen and oxygen atoms in total. The fourth-order valence-corrected chi connectivity index (χ4v) is 3.04. The quantitative estimate of drug-likeness (QED) is 0.888. The molecular weight excluding hydrogens is 286 g/mol. The van der Waals surface area contributed by atoms with Crippen LogP contribution >= 0.6 is 0 Å². The van der Waals surface area contributed by atoms with Gasteiger partial charge in [0.1, 0.15) is 11.2 Å². The van der Waals surface area contributed by atoms with Gasteiger partial charge in [0, 0.05) is 25.7 Å².